The second kappa shape index (κ2) is 5.85. The third-order valence-electron chi connectivity index (χ3n) is 2.36. The molecule has 2 heterocycles. The van der Waals surface area contributed by atoms with Gasteiger partial charge in [-0.3, -0.25) is 0 Å². The Kier molecular flexibility index (Phi) is 4.42. The first kappa shape index (κ1) is 12.9. The van der Waals surface area contributed by atoms with Crippen molar-refractivity contribution in [2.75, 3.05) is 11.9 Å². The summed E-state index contributed by atoms with van der Waals surface area (Å²) in [6, 6.07) is 8.05. The van der Waals surface area contributed by atoms with Gasteiger partial charge < -0.3 is 4.90 Å². The normalized spacial score (nSPS) is 10.5. The molecule has 0 fully saturated rings. The molecule has 5 heteroatoms. The Labute approximate surface area is 118 Å². The minimum atomic E-state index is 0.450. The molecule has 0 bridgehead atoms. The van der Waals surface area contributed by atoms with Crippen LogP contribution in [0.4, 0.5) is 5.82 Å². The van der Waals surface area contributed by atoms with Gasteiger partial charge >= 0.3 is 0 Å². The number of nitrogens with zero attached hydrogens (tertiary/aromatic N) is 2. The third kappa shape index (κ3) is 3.44. The van der Waals surface area contributed by atoms with Crippen molar-refractivity contribution in [3.05, 3.63) is 44.7 Å². The fraction of sp³-hybridized carbons (Fsp3) is 0.250. The van der Waals surface area contributed by atoms with Crippen LogP contribution in [-0.2, 0) is 12.4 Å². The maximum absolute atomic E-state index is 5.78. The molecule has 0 spiro atoms. The second-order valence-corrected chi connectivity index (χ2v) is 6.29. The number of halogens is 2. The summed E-state index contributed by atoms with van der Waals surface area (Å²) in [5.74, 6) is 1.40. The second-order valence-electron chi connectivity index (χ2n) is 3.74. The molecular weight excluding hydrogens is 320 g/mol. The van der Waals surface area contributed by atoms with Crippen LogP contribution in [0.3, 0.4) is 0 Å². The first-order valence-electron chi connectivity index (χ1n) is 5.15. The number of thiophene rings is 1. The van der Waals surface area contributed by atoms with Gasteiger partial charge in [0.15, 0.2) is 0 Å². The van der Waals surface area contributed by atoms with E-state index in [1.807, 2.05) is 25.2 Å². The monoisotopic (exact) mass is 330 g/mol. The lowest BCUT2D eigenvalue weighted by Gasteiger charge is -2.17. The van der Waals surface area contributed by atoms with Crippen molar-refractivity contribution < 1.29 is 0 Å². The molecule has 17 heavy (non-hydrogen) atoms. The number of alkyl halides is 1. The minimum absolute atomic E-state index is 0.450. The van der Waals surface area contributed by atoms with Crippen molar-refractivity contribution in [3.8, 4) is 0 Å². The topological polar surface area (TPSA) is 16.1 Å². The van der Waals surface area contributed by atoms with Crippen molar-refractivity contribution in [1.82, 2.24) is 4.98 Å². The fourth-order valence-corrected chi connectivity index (χ4v) is 2.89. The molecule has 0 aliphatic rings. The molecule has 0 aliphatic carbocycles. The lowest BCUT2D eigenvalue weighted by Crippen LogP contribution is -2.17. The summed E-state index contributed by atoms with van der Waals surface area (Å²) in [4.78, 5) is 6.60. The zero-order valence-corrected chi connectivity index (χ0v) is 12.5. The quantitative estimate of drug-likeness (QED) is 0.777. The van der Waals surface area contributed by atoms with E-state index in [1.54, 1.807) is 11.3 Å². The van der Waals surface area contributed by atoms with Gasteiger partial charge in [0, 0.05) is 13.6 Å². The van der Waals surface area contributed by atoms with Gasteiger partial charge in [0.2, 0.25) is 0 Å². The molecule has 2 nitrogen and oxygen atoms in total. The van der Waals surface area contributed by atoms with E-state index in [0.717, 1.165) is 21.8 Å². The largest absolute Gasteiger partial charge is 0.355 e. The minimum Gasteiger partial charge on any atom is -0.355 e. The Morgan fingerprint density at radius 2 is 2.29 bits per heavy atom. The molecule has 0 atom stereocenters. The van der Waals surface area contributed by atoms with Crippen LogP contribution in [0.25, 0.3) is 0 Å². The molecule has 0 saturated carbocycles. The maximum Gasteiger partial charge on any atom is 0.128 e. The molecule has 0 aromatic carbocycles. The first-order chi connectivity index (χ1) is 8.19. The number of anilines is 1. The third-order valence-corrected chi connectivity index (χ3v) is 4.19. The highest BCUT2D eigenvalue weighted by atomic mass is 79.9. The molecule has 0 aliphatic heterocycles. The van der Waals surface area contributed by atoms with Crippen LogP contribution < -0.4 is 4.90 Å². The van der Waals surface area contributed by atoms with Crippen molar-refractivity contribution in [2.24, 2.45) is 0 Å². The van der Waals surface area contributed by atoms with E-state index in [0.29, 0.717) is 5.88 Å². The summed E-state index contributed by atoms with van der Waals surface area (Å²) in [6.45, 7) is 0.848. The molecule has 2 rings (SSSR count). The number of hydrogen-bond acceptors (Lipinski definition) is 3. The Hall–Kier alpha value is -0.580. The van der Waals surface area contributed by atoms with Crippen LogP contribution in [0.15, 0.2) is 33.4 Å². The van der Waals surface area contributed by atoms with Crippen LogP contribution in [0.1, 0.15) is 11.3 Å². The van der Waals surface area contributed by atoms with Crippen molar-refractivity contribution in [1.29, 1.82) is 0 Å². The van der Waals surface area contributed by atoms with E-state index in [4.69, 9.17) is 11.6 Å². The number of pyridine rings is 1. The number of aromatic nitrogens is 1. The number of rotatable bonds is 4. The van der Waals surface area contributed by atoms with Gasteiger partial charge in [-0.1, -0.05) is 6.07 Å². The maximum atomic E-state index is 5.78. The van der Waals surface area contributed by atoms with Crippen LogP contribution in [0, 0.1) is 0 Å². The molecular formula is C12H12BrClN2S. The van der Waals surface area contributed by atoms with E-state index < -0.39 is 0 Å². The Balaban J connectivity index is 2.11. The van der Waals surface area contributed by atoms with E-state index in [2.05, 4.69) is 37.3 Å². The van der Waals surface area contributed by atoms with Crippen LogP contribution in [0.2, 0.25) is 0 Å². The average Bonchev–Trinajstić information content (AvgIpc) is 2.75. The van der Waals surface area contributed by atoms with Gasteiger partial charge in [-0.05, 0) is 45.1 Å². The number of hydrogen-bond donors (Lipinski definition) is 0. The Bertz CT molecular complexity index is 501. The summed E-state index contributed by atoms with van der Waals surface area (Å²) < 4.78 is 1.16. The van der Waals surface area contributed by atoms with E-state index in [1.165, 1.54) is 5.56 Å². The zero-order chi connectivity index (χ0) is 12.3. The van der Waals surface area contributed by atoms with Crippen molar-refractivity contribution >= 4 is 44.7 Å². The highest BCUT2D eigenvalue weighted by Gasteiger charge is 2.05. The summed E-state index contributed by atoms with van der Waals surface area (Å²) in [6.07, 6.45) is 0. The Morgan fingerprint density at radius 3 is 2.94 bits per heavy atom. The lowest BCUT2D eigenvalue weighted by molar-refractivity contribution is 0.894. The predicted molar refractivity (Wildman–Crippen MR) is 77.9 cm³/mol. The van der Waals surface area contributed by atoms with Crippen LogP contribution in [-0.4, -0.2) is 12.0 Å². The molecule has 2 aromatic heterocycles. The fourth-order valence-electron chi connectivity index (χ4n) is 1.54. The van der Waals surface area contributed by atoms with Crippen LogP contribution >= 0.6 is 38.9 Å². The predicted octanol–water partition coefficient (Wildman–Crippen LogP) is 4.28. The summed E-state index contributed by atoms with van der Waals surface area (Å²) in [7, 11) is 2.03. The SMILES string of the molecule is CN(Cc1csc(Br)c1)c1cccc(CCl)n1. The zero-order valence-electron chi connectivity index (χ0n) is 9.36. The Morgan fingerprint density at radius 1 is 1.47 bits per heavy atom. The molecule has 0 saturated heterocycles. The molecule has 0 amide bonds. The highest BCUT2D eigenvalue weighted by Crippen LogP contribution is 2.22. The lowest BCUT2D eigenvalue weighted by atomic mass is 10.3. The molecule has 2 aromatic rings. The van der Waals surface area contributed by atoms with Gasteiger partial charge in [0.05, 0.1) is 15.4 Å². The average molecular weight is 332 g/mol. The summed E-state index contributed by atoms with van der Waals surface area (Å²) in [5.41, 5.74) is 2.19. The smallest absolute Gasteiger partial charge is 0.128 e. The van der Waals surface area contributed by atoms with Gasteiger partial charge in [-0.2, -0.15) is 0 Å². The summed E-state index contributed by atoms with van der Waals surface area (Å²) >= 11 is 10.9. The van der Waals surface area contributed by atoms with E-state index >= 15 is 0 Å². The van der Waals surface area contributed by atoms with E-state index in [9.17, 15) is 0 Å². The molecule has 0 unspecified atom stereocenters. The van der Waals surface area contributed by atoms with Gasteiger partial charge in [-0.25, -0.2) is 4.98 Å². The van der Waals surface area contributed by atoms with Crippen molar-refractivity contribution in [3.63, 3.8) is 0 Å². The van der Waals surface area contributed by atoms with Gasteiger partial charge in [0.25, 0.3) is 0 Å². The van der Waals surface area contributed by atoms with Crippen LogP contribution in [0.5, 0.6) is 0 Å². The van der Waals surface area contributed by atoms with Gasteiger partial charge in [0.1, 0.15) is 5.82 Å². The molecule has 90 valence electrons. The summed E-state index contributed by atoms with van der Waals surface area (Å²) in [5, 5.41) is 2.14. The van der Waals surface area contributed by atoms with E-state index in [-0.39, 0.29) is 0 Å². The molecule has 0 N–H and O–H groups in total. The first-order valence-corrected chi connectivity index (χ1v) is 7.35. The standard InChI is InChI=1S/C12H12BrClN2S/c1-16(7-9-5-11(13)17-8-9)12-4-2-3-10(6-14)15-12/h2-5,8H,6-7H2,1H3. The highest BCUT2D eigenvalue weighted by molar-refractivity contribution is 9.11. The molecule has 0 radical (unpaired) electrons. The van der Waals surface area contributed by atoms with Gasteiger partial charge in [-0.15, -0.1) is 22.9 Å². The van der Waals surface area contributed by atoms with Crippen molar-refractivity contribution in [2.45, 2.75) is 12.4 Å².